The van der Waals surface area contributed by atoms with E-state index < -0.39 is 21.4 Å². The third-order valence-electron chi connectivity index (χ3n) is 1.77. The lowest BCUT2D eigenvalue weighted by atomic mass is 10.3. The van der Waals surface area contributed by atoms with E-state index in [2.05, 4.69) is 20.1 Å². The van der Waals surface area contributed by atoms with Gasteiger partial charge >= 0.3 is 15.6 Å². The van der Waals surface area contributed by atoms with Crippen LogP contribution in [-0.2, 0) is 10.1 Å². The zero-order valence-electron chi connectivity index (χ0n) is 9.86. The fourth-order valence-corrected chi connectivity index (χ4v) is 2.10. The lowest BCUT2D eigenvalue weighted by Gasteiger charge is -2.16. The number of halogens is 4. The van der Waals surface area contributed by atoms with Gasteiger partial charge < -0.3 is 8.92 Å². The van der Waals surface area contributed by atoms with E-state index in [4.69, 9.17) is 4.74 Å². The minimum atomic E-state index is -5.74. The summed E-state index contributed by atoms with van der Waals surface area (Å²) in [7, 11) is -5.74. The van der Waals surface area contributed by atoms with Crippen molar-refractivity contribution in [3.05, 3.63) is 22.7 Å². The van der Waals surface area contributed by atoms with E-state index in [1.807, 2.05) is 0 Å². The summed E-state index contributed by atoms with van der Waals surface area (Å²) >= 11 is 2.92. The molecule has 108 valence electrons. The highest BCUT2D eigenvalue weighted by Crippen LogP contribution is 2.39. The molecule has 0 aliphatic carbocycles. The second-order valence-corrected chi connectivity index (χ2v) is 6.11. The molecule has 0 aliphatic rings. The van der Waals surface area contributed by atoms with Gasteiger partial charge in [-0.05, 0) is 41.9 Å². The molecule has 0 amide bonds. The molecular formula is C10H10BrF3O4S. The predicted octanol–water partition coefficient (Wildman–Crippen LogP) is 3.46. The molecule has 0 spiro atoms. The van der Waals surface area contributed by atoms with Crippen LogP contribution in [0.5, 0.6) is 11.5 Å². The highest BCUT2D eigenvalue weighted by molar-refractivity contribution is 9.10. The summed E-state index contributed by atoms with van der Waals surface area (Å²) in [5, 5.41) is 0. The molecule has 0 N–H and O–H groups in total. The minimum absolute atomic E-state index is 0.0403. The average Bonchev–Trinajstić information content (AvgIpc) is 2.20. The standard InChI is InChI=1S/C10H10BrF3O4S/c1-6(2)17-8-5-3-4-7(11)9(8)18-19(15,16)10(12,13)14/h3-6H,1-2H3. The number of para-hydroxylation sites is 1. The normalized spacial score (nSPS) is 12.6. The number of hydrogen-bond acceptors (Lipinski definition) is 4. The first kappa shape index (κ1) is 16.1. The highest BCUT2D eigenvalue weighted by Gasteiger charge is 2.49. The van der Waals surface area contributed by atoms with Crippen LogP contribution in [0.25, 0.3) is 0 Å². The van der Waals surface area contributed by atoms with Gasteiger partial charge in [0.2, 0.25) is 0 Å². The number of rotatable bonds is 4. The van der Waals surface area contributed by atoms with Crippen LogP contribution in [-0.4, -0.2) is 20.0 Å². The molecule has 0 fully saturated rings. The monoisotopic (exact) mass is 362 g/mol. The van der Waals surface area contributed by atoms with E-state index in [9.17, 15) is 21.6 Å². The molecule has 0 aromatic heterocycles. The van der Waals surface area contributed by atoms with E-state index >= 15 is 0 Å². The number of benzene rings is 1. The van der Waals surface area contributed by atoms with Crippen LogP contribution in [0.1, 0.15) is 13.8 Å². The summed E-state index contributed by atoms with van der Waals surface area (Å²) in [6.07, 6.45) is -0.356. The Balaban J connectivity index is 3.21. The van der Waals surface area contributed by atoms with Crippen molar-refractivity contribution in [2.75, 3.05) is 0 Å². The van der Waals surface area contributed by atoms with Crippen molar-refractivity contribution in [2.24, 2.45) is 0 Å². The van der Waals surface area contributed by atoms with Crippen LogP contribution in [0.4, 0.5) is 13.2 Å². The van der Waals surface area contributed by atoms with E-state index in [-0.39, 0.29) is 16.3 Å². The predicted molar refractivity (Wildman–Crippen MR) is 65.5 cm³/mol. The summed E-state index contributed by atoms with van der Waals surface area (Å²) in [5.41, 5.74) is -5.50. The van der Waals surface area contributed by atoms with Crippen LogP contribution in [0.15, 0.2) is 22.7 Å². The van der Waals surface area contributed by atoms with Crippen molar-refractivity contribution in [1.82, 2.24) is 0 Å². The largest absolute Gasteiger partial charge is 0.534 e. The van der Waals surface area contributed by atoms with Crippen LogP contribution < -0.4 is 8.92 Å². The Morgan fingerprint density at radius 3 is 2.32 bits per heavy atom. The smallest absolute Gasteiger partial charge is 0.487 e. The molecule has 0 unspecified atom stereocenters. The zero-order valence-corrected chi connectivity index (χ0v) is 12.3. The lowest BCUT2D eigenvalue weighted by Crippen LogP contribution is -2.28. The van der Waals surface area contributed by atoms with E-state index in [1.54, 1.807) is 13.8 Å². The summed E-state index contributed by atoms with van der Waals surface area (Å²) < 4.78 is 68.1. The maximum absolute atomic E-state index is 12.3. The average molecular weight is 363 g/mol. The molecule has 0 heterocycles. The molecule has 0 saturated heterocycles. The van der Waals surface area contributed by atoms with Gasteiger partial charge in [0, 0.05) is 0 Å². The number of alkyl halides is 3. The van der Waals surface area contributed by atoms with Crippen LogP contribution in [0.2, 0.25) is 0 Å². The second-order valence-electron chi connectivity index (χ2n) is 3.72. The first-order valence-corrected chi connectivity index (χ1v) is 7.20. The number of hydrogen-bond donors (Lipinski definition) is 0. The molecule has 19 heavy (non-hydrogen) atoms. The number of ether oxygens (including phenoxy) is 1. The first-order valence-electron chi connectivity index (χ1n) is 5.00. The molecule has 0 saturated carbocycles. The van der Waals surface area contributed by atoms with Gasteiger partial charge in [-0.1, -0.05) is 6.07 Å². The maximum atomic E-state index is 12.3. The minimum Gasteiger partial charge on any atom is -0.487 e. The van der Waals surface area contributed by atoms with E-state index in [0.717, 1.165) is 0 Å². The van der Waals surface area contributed by atoms with Crippen LogP contribution in [0.3, 0.4) is 0 Å². The van der Waals surface area contributed by atoms with Crippen LogP contribution >= 0.6 is 15.9 Å². The van der Waals surface area contributed by atoms with Crippen molar-refractivity contribution in [3.63, 3.8) is 0 Å². The van der Waals surface area contributed by atoms with Crippen molar-refractivity contribution in [3.8, 4) is 11.5 Å². The topological polar surface area (TPSA) is 52.6 Å². The Kier molecular flexibility index (Phi) is 4.72. The van der Waals surface area contributed by atoms with Crippen molar-refractivity contribution >= 4 is 26.0 Å². The third kappa shape index (κ3) is 4.00. The summed E-state index contributed by atoms with van der Waals surface area (Å²) in [6, 6.07) is 4.13. The Morgan fingerprint density at radius 1 is 1.26 bits per heavy atom. The highest BCUT2D eigenvalue weighted by atomic mass is 79.9. The molecule has 9 heteroatoms. The molecule has 1 aromatic carbocycles. The Bertz CT molecular complexity index is 554. The fraction of sp³-hybridized carbons (Fsp3) is 0.400. The van der Waals surface area contributed by atoms with Crippen molar-refractivity contribution in [1.29, 1.82) is 0 Å². The van der Waals surface area contributed by atoms with E-state index in [0.29, 0.717) is 0 Å². The fourth-order valence-electron chi connectivity index (χ4n) is 1.07. The Hall–Kier alpha value is -0.960. The van der Waals surface area contributed by atoms with Crippen molar-refractivity contribution in [2.45, 2.75) is 25.5 Å². The lowest BCUT2D eigenvalue weighted by molar-refractivity contribution is -0.0500. The van der Waals surface area contributed by atoms with Gasteiger partial charge in [0.1, 0.15) is 0 Å². The SMILES string of the molecule is CC(C)Oc1cccc(Br)c1OS(=O)(=O)C(F)(F)F. The molecule has 4 nitrogen and oxygen atoms in total. The van der Waals surface area contributed by atoms with Gasteiger partial charge in [-0.2, -0.15) is 21.6 Å². The van der Waals surface area contributed by atoms with Gasteiger partial charge in [0.05, 0.1) is 10.6 Å². The van der Waals surface area contributed by atoms with Gasteiger partial charge in [-0.3, -0.25) is 0 Å². The molecule has 0 bridgehead atoms. The molecule has 1 aromatic rings. The molecule has 1 rings (SSSR count). The second kappa shape index (κ2) is 5.58. The molecular weight excluding hydrogens is 353 g/mol. The van der Waals surface area contributed by atoms with Gasteiger partial charge in [-0.15, -0.1) is 0 Å². The Labute approximate surface area is 116 Å². The van der Waals surface area contributed by atoms with Gasteiger partial charge in [-0.25, -0.2) is 0 Å². The van der Waals surface area contributed by atoms with Crippen LogP contribution in [0, 0.1) is 0 Å². The Morgan fingerprint density at radius 2 is 1.84 bits per heavy atom. The molecule has 0 aliphatic heterocycles. The zero-order chi connectivity index (χ0) is 14.8. The quantitative estimate of drug-likeness (QED) is 0.607. The molecule has 0 radical (unpaired) electrons. The summed E-state index contributed by atoms with van der Waals surface area (Å²) in [4.78, 5) is 0. The summed E-state index contributed by atoms with van der Waals surface area (Å²) in [6.45, 7) is 3.28. The third-order valence-corrected chi connectivity index (χ3v) is 3.35. The first-order chi connectivity index (χ1) is 8.54. The van der Waals surface area contributed by atoms with Gasteiger partial charge in [0.25, 0.3) is 0 Å². The van der Waals surface area contributed by atoms with Gasteiger partial charge in [0.15, 0.2) is 11.5 Å². The van der Waals surface area contributed by atoms with Crippen molar-refractivity contribution < 1.29 is 30.5 Å². The molecule has 0 atom stereocenters. The maximum Gasteiger partial charge on any atom is 0.534 e. The summed E-state index contributed by atoms with van der Waals surface area (Å²) in [5.74, 6) is -0.634. The van der Waals surface area contributed by atoms with E-state index in [1.165, 1.54) is 18.2 Å².